The van der Waals surface area contributed by atoms with E-state index in [9.17, 15) is 5.11 Å². The molecular formula is C13H16N2O. The van der Waals surface area contributed by atoms with Crippen molar-refractivity contribution in [1.29, 1.82) is 0 Å². The van der Waals surface area contributed by atoms with Gasteiger partial charge in [-0.15, -0.1) is 0 Å². The van der Waals surface area contributed by atoms with Crippen LogP contribution in [-0.4, -0.2) is 10.1 Å². The largest absolute Gasteiger partial charge is 0.397 e. The number of hydrogen-bond donors (Lipinski definition) is 2. The van der Waals surface area contributed by atoms with Crippen LogP contribution in [0, 0.1) is 6.92 Å². The van der Waals surface area contributed by atoms with Crippen molar-refractivity contribution in [1.82, 2.24) is 4.98 Å². The maximum absolute atomic E-state index is 10.0. The molecule has 1 aromatic heterocycles. The molecule has 0 spiro atoms. The summed E-state index contributed by atoms with van der Waals surface area (Å²) in [6.07, 6.45) is 0. The van der Waals surface area contributed by atoms with Crippen LogP contribution >= 0.6 is 0 Å². The van der Waals surface area contributed by atoms with Gasteiger partial charge in [-0.1, -0.05) is 18.2 Å². The highest BCUT2D eigenvalue weighted by Crippen LogP contribution is 2.30. The first-order valence-electron chi connectivity index (χ1n) is 5.29. The SMILES string of the molecule is Cc1c(N)c(C(C)(C)O)nc2ccccc12. The van der Waals surface area contributed by atoms with Crippen molar-refractivity contribution in [3.63, 3.8) is 0 Å². The molecule has 2 aromatic rings. The minimum atomic E-state index is -1.02. The van der Waals surface area contributed by atoms with Crippen LogP contribution in [0.15, 0.2) is 24.3 Å². The first kappa shape index (κ1) is 10.9. The lowest BCUT2D eigenvalue weighted by Gasteiger charge is -2.21. The summed E-state index contributed by atoms with van der Waals surface area (Å²) in [5.41, 5.74) is 7.96. The zero-order valence-corrected chi connectivity index (χ0v) is 9.78. The summed E-state index contributed by atoms with van der Waals surface area (Å²) in [6.45, 7) is 5.34. The van der Waals surface area contributed by atoms with Crippen LogP contribution in [-0.2, 0) is 5.60 Å². The molecule has 0 aliphatic heterocycles. The van der Waals surface area contributed by atoms with Gasteiger partial charge >= 0.3 is 0 Å². The van der Waals surface area contributed by atoms with Crippen molar-refractivity contribution < 1.29 is 5.11 Å². The number of anilines is 1. The third-order valence-corrected chi connectivity index (χ3v) is 2.78. The number of hydrogen-bond acceptors (Lipinski definition) is 3. The molecule has 0 aliphatic carbocycles. The van der Waals surface area contributed by atoms with Gasteiger partial charge in [-0.05, 0) is 32.4 Å². The van der Waals surface area contributed by atoms with E-state index in [1.54, 1.807) is 13.8 Å². The lowest BCUT2D eigenvalue weighted by atomic mass is 9.98. The molecule has 1 heterocycles. The molecule has 0 unspecified atom stereocenters. The number of fused-ring (bicyclic) bond motifs is 1. The maximum Gasteiger partial charge on any atom is 0.103 e. The minimum Gasteiger partial charge on any atom is -0.397 e. The van der Waals surface area contributed by atoms with Gasteiger partial charge in [0.2, 0.25) is 0 Å². The van der Waals surface area contributed by atoms with Gasteiger partial charge in [-0.25, -0.2) is 4.98 Å². The zero-order chi connectivity index (χ0) is 11.9. The van der Waals surface area contributed by atoms with E-state index in [-0.39, 0.29) is 0 Å². The van der Waals surface area contributed by atoms with Crippen molar-refractivity contribution in [3.05, 3.63) is 35.5 Å². The predicted molar refractivity (Wildman–Crippen MR) is 66.1 cm³/mol. The first-order chi connectivity index (χ1) is 7.41. The maximum atomic E-state index is 10.0. The summed E-state index contributed by atoms with van der Waals surface area (Å²) in [4.78, 5) is 4.43. The van der Waals surface area contributed by atoms with Gasteiger partial charge in [0.25, 0.3) is 0 Å². The molecule has 3 N–H and O–H groups in total. The molecule has 1 aromatic carbocycles. The average Bonchev–Trinajstić information content (AvgIpc) is 2.22. The van der Waals surface area contributed by atoms with Crippen LogP contribution in [0.2, 0.25) is 0 Å². The topological polar surface area (TPSA) is 59.1 Å². The Morgan fingerprint density at radius 1 is 1.25 bits per heavy atom. The van der Waals surface area contributed by atoms with Crippen LogP contribution < -0.4 is 5.73 Å². The molecule has 0 radical (unpaired) electrons. The summed E-state index contributed by atoms with van der Waals surface area (Å²) in [5.74, 6) is 0. The van der Waals surface area contributed by atoms with Crippen molar-refractivity contribution in [2.24, 2.45) is 0 Å². The lowest BCUT2D eigenvalue weighted by Crippen LogP contribution is -2.20. The fraction of sp³-hybridized carbons (Fsp3) is 0.308. The van der Waals surface area contributed by atoms with E-state index in [0.717, 1.165) is 16.5 Å². The molecule has 0 amide bonds. The van der Waals surface area contributed by atoms with E-state index in [0.29, 0.717) is 11.4 Å². The highest BCUT2D eigenvalue weighted by Gasteiger charge is 2.23. The fourth-order valence-electron chi connectivity index (χ4n) is 1.86. The molecule has 16 heavy (non-hydrogen) atoms. The monoisotopic (exact) mass is 216 g/mol. The second kappa shape index (κ2) is 3.46. The van der Waals surface area contributed by atoms with Crippen LogP contribution in [0.5, 0.6) is 0 Å². The number of rotatable bonds is 1. The van der Waals surface area contributed by atoms with E-state index >= 15 is 0 Å². The standard InChI is InChI=1S/C13H16N2O/c1-8-9-6-4-5-7-10(9)15-12(11(8)14)13(2,3)16/h4-7,16H,14H2,1-3H3. The summed E-state index contributed by atoms with van der Waals surface area (Å²) in [5, 5.41) is 11.0. The Hall–Kier alpha value is -1.61. The second-order valence-electron chi connectivity index (χ2n) is 4.58. The van der Waals surface area contributed by atoms with E-state index < -0.39 is 5.60 Å². The number of para-hydroxylation sites is 1. The van der Waals surface area contributed by atoms with E-state index in [2.05, 4.69) is 4.98 Å². The molecule has 0 bridgehead atoms. The second-order valence-corrected chi connectivity index (χ2v) is 4.58. The molecule has 84 valence electrons. The Bertz CT molecular complexity index is 541. The Balaban J connectivity index is 2.84. The molecule has 3 heteroatoms. The predicted octanol–water partition coefficient (Wildman–Crippen LogP) is 2.35. The van der Waals surface area contributed by atoms with Crippen LogP contribution in [0.4, 0.5) is 5.69 Å². The molecule has 0 fully saturated rings. The van der Waals surface area contributed by atoms with Gasteiger partial charge in [-0.3, -0.25) is 0 Å². The molecule has 0 aliphatic rings. The Kier molecular flexibility index (Phi) is 2.35. The van der Waals surface area contributed by atoms with Crippen LogP contribution in [0.3, 0.4) is 0 Å². The Morgan fingerprint density at radius 3 is 2.50 bits per heavy atom. The normalized spacial score (nSPS) is 12.0. The zero-order valence-electron chi connectivity index (χ0n) is 9.78. The summed E-state index contributed by atoms with van der Waals surface area (Å²) >= 11 is 0. The average molecular weight is 216 g/mol. The Labute approximate surface area is 94.9 Å². The number of aromatic nitrogens is 1. The third kappa shape index (κ3) is 1.63. The van der Waals surface area contributed by atoms with Crippen molar-refractivity contribution in [3.8, 4) is 0 Å². The van der Waals surface area contributed by atoms with Crippen LogP contribution in [0.1, 0.15) is 25.1 Å². The van der Waals surface area contributed by atoms with Gasteiger partial charge < -0.3 is 10.8 Å². The van der Waals surface area contributed by atoms with Crippen molar-refractivity contribution in [2.75, 3.05) is 5.73 Å². The first-order valence-corrected chi connectivity index (χ1v) is 5.29. The molecule has 0 saturated heterocycles. The summed E-state index contributed by atoms with van der Waals surface area (Å²) in [6, 6.07) is 7.80. The van der Waals surface area contributed by atoms with Gasteiger partial charge in [0, 0.05) is 5.39 Å². The van der Waals surface area contributed by atoms with Crippen molar-refractivity contribution >= 4 is 16.6 Å². The van der Waals surface area contributed by atoms with Gasteiger partial charge in [0.05, 0.1) is 16.9 Å². The highest BCUT2D eigenvalue weighted by molar-refractivity contribution is 5.87. The van der Waals surface area contributed by atoms with Crippen LogP contribution in [0.25, 0.3) is 10.9 Å². The van der Waals surface area contributed by atoms with E-state index in [1.807, 2.05) is 31.2 Å². The number of nitrogens with two attached hydrogens (primary N) is 1. The van der Waals surface area contributed by atoms with Crippen molar-refractivity contribution in [2.45, 2.75) is 26.4 Å². The number of pyridine rings is 1. The molecule has 0 atom stereocenters. The van der Waals surface area contributed by atoms with Gasteiger partial charge in [-0.2, -0.15) is 0 Å². The summed E-state index contributed by atoms with van der Waals surface area (Å²) in [7, 11) is 0. The Morgan fingerprint density at radius 2 is 1.88 bits per heavy atom. The number of benzene rings is 1. The smallest absolute Gasteiger partial charge is 0.103 e. The quantitative estimate of drug-likeness (QED) is 0.769. The molecule has 2 rings (SSSR count). The number of aryl methyl sites for hydroxylation is 1. The highest BCUT2D eigenvalue weighted by atomic mass is 16.3. The summed E-state index contributed by atoms with van der Waals surface area (Å²) < 4.78 is 0. The molecule has 0 saturated carbocycles. The fourth-order valence-corrected chi connectivity index (χ4v) is 1.86. The lowest BCUT2D eigenvalue weighted by molar-refractivity contribution is 0.0750. The van der Waals surface area contributed by atoms with E-state index in [1.165, 1.54) is 0 Å². The molecule has 3 nitrogen and oxygen atoms in total. The minimum absolute atomic E-state index is 0.545. The number of aliphatic hydroxyl groups is 1. The molecular weight excluding hydrogens is 200 g/mol. The van der Waals surface area contributed by atoms with Gasteiger partial charge in [0.15, 0.2) is 0 Å². The van der Waals surface area contributed by atoms with Gasteiger partial charge in [0.1, 0.15) is 5.60 Å². The number of nitrogens with zero attached hydrogens (tertiary/aromatic N) is 1. The number of nitrogen functional groups attached to an aromatic ring is 1. The van der Waals surface area contributed by atoms with E-state index in [4.69, 9.17) is 5.73 Å². The third-order valence-electron chi connectivity index (χ3n) is 2.78.